The number of aromatic carboxylic acids is 1. The molecule has 2 heterocycles. The average molecular weight is 298 g/mol. The third-order valence-corrected chi connectivity index (χ3v) is 2.92. The van der Waals surface area contributed by atoms with Crippen molar-refractivity contribution in [2.75, 3.05) is 12.8 Å². The van der Waals surface area contributed by atoms with Gasteiger partial charge in [-0.3, -0.25) is 0 Å². The molecule has 104 valence electrons. The van der Waals surface area contributed by atoms with Crippen molar-refractivity contribution in [3.63, 3.8) is 0 Å². The summed E-state index contributed by atoms with van der Waals surface area (Å²) in [6.07, 6.45) is 1.29. The SMILES string of the molecule is COc1ccc(-c2nc(C(=O)O)c(Cl)c(N)c2F)cn1. The Balaban J connectivity index is 2.63. The van der Waals surface area contributed by atoms with Gasteiger partial charge >= 0.3 is 5.97 Å². The smallest absolute Gasteiger partial charge is 0.356 e. The number of aromatic nitrogens is 2. The van der Waals surface area contributed by atoms with Crippen LogP contribution in [0.25, 0.3) is 11.3 Å². The molecule has 0 amide bonds. The molecule has 2 aromatic heterocycles. The number of carboxylic acid groups (broad SMARTS) is 1. The summed E-state index contributed by atoms with van der Waals surface area (Å²) in [5.74, 6) is -1.97. The van der Waals surface area contributed by atoms with Crippen LogP contribution in [-0.4, -0.2) is 28.2 Å². The van der Waals surface area contributed by atoms with Crippen LogP contribution in [0, 0.1) is 5.82 Å². The van der Waals surface area contributed by atoms with E-state index in [2.05, 4.69) is 9.97 Å². The minimum atomic E-state index is -1.40. The summed E-state index contributed by atoms with van der Waals surface area (Å²) in [6, 6.07) is 2.97. The zero-order chi connectivity index (χ0) is 14.9. The highest BCUT2D eigenvalue weighted by molar-refractivity contribution is 6.35. The highest BCUT2D eigenvalue weighted by Gasteiger charge is 2.21. The second-order valence-electron chi connectivity index (χ2n) is 3.75. The van der Waals surface area contributed by atoms with E-state index in [0.29, 0.717) is 5.88 Å². The summed E-state index contributed by atoms with van der Waals surface area (Å²) in [5, 5.41) is 8.54. The predicted molar refractivity (Wildman–Crippen MR) is 70.4 cm³/mol. The van der Waals surface area contributed by atoms with Crippen molar-refractivity contribution in [2.45, 2.75) is 0 Å². The number of anilines is 1. The molecule has 0 radical (unpaired) electrons. The molecule has 0 aliphatic rings. The first-order valence-corrected chi connectivity index (χ1v) is 5.71. The summed E-state index contributed by atoms with van der Waals surface area (Å²) in [5.41, 5.74) is 4.50. The molecule has 6 nitrogen and oxygen atoms in total. The maximum atomic E-state index is 14.1. The van der Waals surface area contributed by atoms with E-state index in [1.54, 1.807) is 0 Å². The molecule has 2 aromatic rings. The van der Waals surface area contributed by atoms with Crippen LogP contribution in [0.2, 0.25) is 5.02 Å². The summed E-state index contributed by atoms with van der Waals surface area (Å²) >= 11 is 5.66. The van der Waals surface area contributed by atoms with Gasteiger partial charge in [0.1, 0.15) is 5.69 Å². The molecule has 0 fully saturated rings. The second-order valence-corrected chi connectivity index (χ2v) is 4.12. The molecule has 0 atom stereocenters. The van der Waals surface area contributed by atoms with Crippen LogP contribution < -0.4 is 10.5 Å². The quantitative estimate of drug-likeness (QED) is 0.901. The van der Waals surface area contributed by atoms with E-state index in [-0.39, 0.29) is 11.3 Å². The molecule has 2 rings (SSSR count). The number of pyridine rings is 2. The van der Waals surface area contributed by atoms with Crippen molar-refractivity contribution in [1.82, 2.24) is 9.97 Å². The zero-order valence-electron chi connectivity index (χ0n) is 10.2. The molecule has 0 aliphatic heterocycles. The largest absolute Gasteiger partial charge is 0.481 e. The molecule has 0 aliphatic carbocycles. The molecule has 3 N–H and O–H groups in total. The van der Waals surface area contributed by atoms with E-state index in [1.165, 1.54) is 25.4 Å². The third-order valence-electron chi connectivity index (χ3n) is 2.53. The van der Waals surface area contributed by atoms with E-state index in [9.17, 15) is 9.18 Å². The fraction of sp³-hybridized carbons (Fsp3) is 0.0833. The molecule has 0 spiro atoms. The van der Waals surface area contributed by atoms with Crippen LogP contribution in [0.5, 0.6) is 5.88 Å². The lowest BCUT2D eigenvalue weighted by atomic mass is 10.1. The molecule has 0 aromatic carbocycles. The van der Waals surface area contributed by atoms with Gasteiger partial charge in [-0.25, -0.2) is 19.2 Å². The molecule has 8 heteroatoms. The molecule has 0 unspecified atom stereocenters. The third kappa shape index (κ3) is 2.35. The summed E-state index contributed by atoms with van der Waals surface area (Å²) in [4.78, 5) is 18.6. The van der Waals surface area contributed by atoms with E-state index in [4.69, 9.17) is 27.2 Å². The summed E-state index contributed by atoms with van der Waals surface area (Å²) < 4.78 is 18.9. The van der Waals surface area contributed by atoms with Crippen LogP contribution in [0.15, 0.2) is 18.3 Å². The molecular formula is C12H9ClFN3O3. The highest BCUT2D eigenvalue weighted by Crippen LogP contribution is 2.32. The molecule has 0 bridgehead atoms. The number of hydrogen-bond acceptors (Lipinski definition) is 5. The molecule has 20 heavy (non-hydrogen) atoms. The van der Waals surface area contributed by atoms with Crippen molar-refractivity contribution >= 4 is 23.3 Å². The number of carboxylic acids is 1. The number of nitrogens with zero attached hydrogens (tertiary/aromatic N) is 2. The lowest BCUT2D eigenvalue weighted by Crippen LogP contribution is -2.08. The van der Waals surface area contributed by atoms with Crippen molar-refractivity contribution in [3.05, 3.63) is 34.9 Å². The molecular weight excluding hydrogens is 289 g/mol. The average Bonchev–Trinajstić information content (AvgIpc) is 2.45. The Kier molecular flexibility index (Phi) is 3.71. The monoisotopic (exact) mass is 297 g/mol. The standard InChI is InChI=1S/C12H9ClFN3O3/c1-20-6-3-2-5(4-16-6)10-8(14)9(15)7(13)11(17-10)12(18)19/h2-4H,1H3,(H2,15,17)(H,18,19). The van der Waals surface area contributed by atoms with Crippen LogP contribution in [-0.2, 0) is 0 Å². The van der Waals surface area contributed by atoms with Gasteiger partial charge in [-0.1, -0.05) is 11.6 Å². The van der Waals surface area contributed by atoms with Crippen LogP contribution in [0.3, 0.4) is 0 Å². The Morgan fingerprint density at radius 1 is 1.50 bits per heavy atom. The van der Waals surface area contributed by atoms with E-state index in [0.717, 1.165) is 0 Å². The van der Waals surface area contributed by atoms with Gasteiger partial charge < -0.3 is 15.6 Å². The van der Waals surface area contributed by atoms with Gasteiger partial charge in [0.25, 0.3) is 0 Å². The fourth-order valence-electron chi connectivity index (χ4n) is 1.54. The maximum Gasteiger partial charge on any atom is 0.356 e. The van der Waals surface area contributed by atoms with Crippen molar-refractivity contribution in [2.24, 2.45) is 0 Å². The first kappa shape index (κ1) is 14.0. The van der Waals surface area contributed by atoms with Gasteiger partial charge in [-0.05, 0) is 6.07 Å². The first-order chi connectivity index (χ1) is 9.45. The Hall–Kier alpha value is -2.41. The lowest BCUT2D eigenvalue weighted by Gasteiger charge is -2.09. The molecule has 0 saturated heterocycles. The van der Waals surface area contributed by atoms with Gasteiger partial charge in [0.05, 0.1) is 17.8 Å². The maximum absolute atomic E-state index is 14.1. The van der Waals surface area contributed by atoms with E-state index in [1.807, 2.05) is 0 Å². The Morgan fingerprint density at radius 3 is 2.70 bits per heavy atom. The number of rotatable bonds is 3. The zero-order valence-corrected chi connectivity index (χ0v) is 11.0. The van der Waals surface area contributed by atoms with E-state index >= 15 is 0 Å². The van der Waals surface area contributed by atoms with Gasteiger partial charge in [-0.2, -0.15) is 0 Å². The van der Waals surface area contributed by atoms with Crippen LogP contribution in [0.4, 0.5) is 10.1 Å². The van der Waals surface area contributed by atoms with Gasteiger partial charge in [-0.15, -0.1) is 0 Å². The number of ether oxygens (including phenoxy) is 1. The van der Waals surface area contributed by atoms with Crippen molar-refractivity contribution in [1.29, 1.82) is 0 Å². The second kappa shape index (κ2) is 5.30. The minimum Gasteiger partial charge on any atom is -0.481 e. The number of carbonyl (C=O) groups is 1. The highest BCUT2D eigenvalue weighted by atomic mass is 35.5. The Labute approximate surface area is 118 Å². The van der Waals surface area contributed by atoms with Crippen molar-refractivity contribution < 1.29 is 19.0 Å². The van der Waals surface area contributed by atoms with Crippen LogP contribution >= 0.6 is 11.6 Å². The number of methoxy groups -OCH3 is 1. The van der Waals surface area contributed by atoms with Gasteiger partial charge in [0.2, 0.25) is 5.88 Å². The minimum absolute atomic E-state index is 0.237. The number of halogens is 2. The number of hydrogen-bond donors (Lipinski definition) is 2. The number of nitrogen functional groups attached to an aromatic ring is 1. The topological polar surface area (TPSA) is 98.3 Å². The van der Waals surface area contributed by atoms with E-state index < -0.39 is 28.2 Å². The Morgan fingerprint density at radius 2 is 2.20 bits per heavy atom. The summed E-state index contributed by atoms with van der Waals surface area (Å²) in [6.45, 7) is 0. The predicted octanol–water partition coefficient (Wildman–Crippen LogP) is 2.23. The van der Waals surface area contributed by atoms with Crippen LogP contribution in [0.1, 0.15) is 10.5 Å². The Bertz CT molecular complexity index is 677. The normalized spacial score (nSPS) is 10.3. The molecule has 0 saturated carbocycles. The van der Waals surface area contributed by atoms with Gasteiger partial charge in [0, 0.05) is 17.8 Å². The first-order valence-electron chi connectivity index (χ1n) is 5.34. The fourth-order valence-corrected chi connectivity index (χ4v) is 1.74. The lowest BCUT2D eigenvalue weighted by molar-refractivity contribution is 0.0691. The summed E-state index contributed by atoms with van der Waals surface area (Å²) in [7, 11) is 1.43. The van der Waals surface area contributed by atoms with Crippen molar-refractivity contribution in [3.8, 4) is 17.1 Å². The van der Waals surface area contributed by atoms with Gasteiger partial charge in [0.15, 0.2) is 11.5 Å². The number of nitrogens with two attached hydrogens (primary N) is 1.